The molecule has 0 amide bonds. The van der Waals surface area contributed by atoms with Crippen molar-refractivity contribution in [3.8, 4) is 0 Å². The van der Waals surface area contributed by atoms with Crippen molar-refractivity contribution in [1.29, 1.82) is 0 Å². The highest BCUT2D eigenvalue weighted by molar-refractivity contribution is 9.10. The third-order valence-corrected chi connectivity index (χ3v) is 4.10. The van der Waals surface area contributed by atoms with Gasteiger partial charge in [-0.25, -0.2) is 0 Å². The number of aliphatic hydroxyl groups excluding tert-OH is 1. The largest absolute Gasteiger partial charge is 0.395 e. The minimum Gasteiger partial charge on any atom is -0.395 e. The van der Waals surface area contributed by atoms with Crippen LogP contribution in [0.25, 0.3) is 0 Å². The molecular formula is C13H19BrN2O. The zero-order valence-corrected chi connectivity index (χ0v) is 11.7. The van der Waals surface area contributed by atoms with Crippen LogP contribution in [0.4, 0.5) is 5.69 Å². The van der Waals surface area contributed by atoms with E-state index in [0.717, 1.165) is 30.5 Å². The van der Waals surface area contributed by atoms with Gasteiger partial charge in [-0.3, -0.25) is 4.90 Å². The van der Waals surface area contributed by atoms with Crippen molar-refractivity contribution in [3.05, 3.63) is 28.7 Å². The number of likely N-dealkylation sites (N-methyl/N-ethyl adjacent to an activating group) is 1. The summed E-state index contributed by atoms with van der Waals surface area (Å²) in [4.78, 5) is 4.65. The summed E-state index contributed by atoms with van der Waals surface area (Å²) in [6.07, 6.45) is 1.16. The molecule has 0 saturated carbocycles. The molecule has 1 heterocycles. The zero-order valence-electron chi connectivity index (χ0n) is 10.1. The summed E-state index contributed by atoms with van der Waals surface area (Å²) in [5, 5.41) is 8.96. The highest BCUT2D eigenvalue weighted by Gasteiger charge is 2.26. The molecule has 1 aromatic rings. The molecule has 1 saturated heterocycles. The van der Waals surface area contributed by atoms with Crippen LogP contribution in [-0.4, -0.2) is 49.3 Å². The Balaban J connectivity index is 2.00. The first-order valence-corrected chi connectivity index (χ1v) is 6.82. The summed E-state index contributed by atoms with van der Waals surface area (Å²) in [5.74, 6) is 0. The summed E-state index contributed by atoms with van der Waals surface area (Å²) in [7, 11) is 2.09. The number of anilines is 1. The van der Waals surface area contributed by atoms with Crippen LogP contribution < -0.4 is 4.90 Å². The van der Waals surface area contributed by atoms with E-state index in [0.29, 0.717) is 6.04 Å². The smallest absolute Gasteiger partial charge is 0.0558 e. The molecule has 17 heavy (non-hydrogen) atoms. The maximum Gasteiger partial charge on any atom is 0.0558 e. The Hall–Kier alpha value is -0.580. The van der Waals surface area contributed by atoms with Gasteiger partial charge in [0.1, 0.15) is 0 Å². The average molecular weight is 299 g/mol. The molecule has 1 fully saturated rings. The van der Waals surface area contributed by atoms with Gasteiger partial charge in [-0.15, -0.1) is 0 Å². The molecule has 1 N–H and O–H groups in total. The molecule has 4 heteroatoms. The van der Waals surface area contributed by atoms with Crippen LogP contribution in [0.5, 0.6) is 0 Å². The molecule has 3 nitrogen and oxygen atoms in total. The molecule has 1 atom stereocenters. The van der Waals surface area contributed by atoms with Gasteiger partial charge in [0, 0.05) is 30.1 Å². The Morgan fingerprint density at radius 2 is 2.24 bits per heavy atom. The summed E-state index contributed by atoms with van der Waals surface area (Å²) < 4.78 is 1.16. The summed E-state index contributed by atoms with van der Waals surface area (Å²) in [6, 6.07) is 8.90. The Labute approximate surface area is 111 Å². The third kappa shape index (κ3) is 3.00. The standard InChI is InChI=1S/C13H19BrN2O/c1-15(8-9-17)11-6-7-16(10-11)13-5-3-2-4-12(13)14/h2-5,11,17H,6-10H2,1H3. The number of benzene rings is 1. The van der Waals surface area contributed by atoms with Crippen LogP contribution in [-0.2, 0) is 0 Å². The Kier molecular flexibility index (Phi) is 4.42. The van der Waals surface area contributed by atoms with E-state index in [2.05, 4.69) is 51.0 Å². The summed E-state index contributed by atoms with van der Waals surface area (Å²) in [6.45, 7) is 3.12. The van der Waals surface area contributed by atoms with E-state index >= 15 is 0 Å². The van der Waals surface area contributed by atoms with Crippen LogP contribution in [0.2, 0.25) is 0 Å². The average Bonchev–Trinajstić information content (AvgIpc) is 2.79. The summed E-state index contributed by atoms with van der Waals surface area (Å²) in [5.41, 5.74) is 1.27. The number of nitrogens with zero attached hydrogens (tertiary/aromatic N) is 2. The second-order valence-electron chi connectivity index (χ2n) is 4.54. The van der Waals surface area contributed by atoms with E-state index in [9.17, 15) is 0 Å². The molecule has 1 unspecified atom stereocenters. The van der Waals surface area contributed by atoms with Gasteiger partial charge in [0.05, 0.1) is 12.3 Å². The predicted octanol–water partition coefficient (Wildman–Crippen LogP) is 1.95. The van der Waals surface area contributed by atoms with Crippen LogP contribution in [0, 0.1) is 0 Å². The minimum absolute atomic E-state index is 0.238. The number of para-hydroxylation sites is 1. The van der Waals surface area contributed by atoms with E-state index < -0.39 is 0 Å². The van der Waals surface area contributed by atoms with Crippen LogP contribution >= 0.6 is 15.9 Å². The van der Waals surface area contributed by atoms with E-state index in [-0.39, 0.29) is 6.61 Å². The molecule has 94 valence electrons. The van der Waals surface area contributed by atoms with E-state index in [1.807, 2.05) is 6.07 Å². The molecular weight excluding hydrogens is 280 g/mol. The van der Waals surface area contributed by atoms with Gasteiger partial charge < -0.3 is 10.0 Å². The Morgan fingerprint density at radius 3 is 2.94 bits per heavy atom. The minimum atomic E-state index is 0.238. The Bertz CT molecular complexity index is 372. The van der Waals surface area contributed by atoms with Gasteiger partial charge >= 0.3 is 0 Å². The number of aliphatic hydroxyl groups is 1. The first-order chi connectivity index (χ1) is 8.22. The quantitative estimate of drug-likeness (QED) is 0.920. The lowest BCUT2D eigenvalue weighted by Gasteiger charge is -2.25. The van der Waals surface area contributed by atoms with Gasteiger partial charge in [0.2, 0.25) is 0 Å². The zero-order chi connectivity index (χ0) is 12.3. The van der Waals surface area contributed by atoms with E-state index in [4.69, 9.17) is 5.11 Å². The Morgan fingerprint density at radius 1 is 1.47 bits per heavy atom. The van der Waals surface area contributed by atoms with Crippen molar-refractivity contribution in [2.45, 2.75) is 12.5 Å². The first kappa shape index (κ1) is 12.9. The summed E-state index contributed by atoms with van der Waals surface area (Å²) >= 11 is 3.60. The molecule has 0 aliphatic carbocycles. The van der Waals surface area contributed by atoms with Crippen LogP contribution in [0.3, 0.4) is 0 Å². The molecule has 0 aromatic heterocycles. The lowest BCUT2D eigenvalue weighted by atomic mass is 10.2. The second kappa shape index (κ2) is 5.85. The molecule has 0 bridgehead atoms. The van der Waals surface area contributed by atoms with Crippen molar-refractivity contribution >= 4 is 21.6 Å². The maximum atomic E-state index is 8.96. The SMILES string of the molecule is CN(CCO)C1CCN(c2ccccc2Br)C1. The number of halogens is 1. The van der Waals surface area contributed by atoms with Gasteiger partial charge in [-0.05, 0) is 41.5 Å². The lowest BCUT2D eigenvalue weighted by molar-refractivity contribution is 0.188. The topological polar surface area (TPSA) is 26.7 Å². The van der Waals surface area contributed by atoms with Gasteiger partial charge in [-0.1, -0.05) is 12.1 Å². The van der Waals surface area contributed by atoms with Gasteiger partial charge in [0.15, 0.2) is 0 Å². The number of rotatable bonds is 4. The highest BCUT2D eigenvalue weighted by Crippen LogP contribution is 2.29. The number of hydrogen-bond acceptors (Lipinski definition) is 3. The van der Waals surface area contributed by atoms with Gasteiger partial charge in [-0.2, -0.15) is 0 Å². The van der Waals surface area contributed by atoms with E-state index in [1.165, 1.54) is 5.69 Å². The van der Waals surface area contributed by atoms with E-state index in [1.54, 1.807) is 0 Å². The number of hydrogen-bond donors (Lipinski definition) is 1. The van der Waals surface area contributed by atoms with Crippen molar-refractivity contribution < 1.29 is 5.11 Å². The molecule has 1 aromatic carbocycles. The van der Waals surface area contributed by atoms with Crippen LogP contribution in [0.1, 0.15) is 6.42 Å². The fraction of sp³-hybridized carbons (Fsp3) is 0.538. The highest BCUT2D eigenvalue weighted by atomic mass is 79.9. The third-order valence-electron chi connectivity index (χ3n) is 3.43. The predicted molar refractivity (Wildman–Crippen MR) is 74.5 cm³/mol. The molecule has 1 aliphatic heterocycles. The molecule has 1 aliphatic rings. The lowest BCUT2D eigenvalue weighted by Crippen LogP contribution is -2.36. The monoisotopic (exact) mass is 298 g/mol. The van der Waals surface area contributed by atoms with Crippen molar-refractivity contribution in [2.75, 3.05) is 38.2 Å². The molecule has 0 radical (unpaired) electrons. The second-order valence-corrected chi connectivity index (χ2v) is 5.40. The molecule has 2 rings (SSSR count). The van der Waals surface area contributed by atoms with Crippen molar-refractivity contribution in [3.63, 3.8) is 0 Å². The maximum absolute atomic E-state index is 8.96. The fourth-order valence-electron chi connectivity index (χ4n) is 2.37. The van der Waals surface area contributed by atoms with Gasteiger partial charge in [0.25, 0.3) is 0 Å². The normalized spacial score (nSPS) is 20.2. The van der Waals surface area contributed by atoms with Crippen molar-refractivity contribution in [2.24, 2.45) is 0 Å². The van der Waals surface area contributed by atoms with Crippen molar-refractivity contribution in [1.82, 2.24) is 4.90 Å². The molecule has 0 spiro atoms. The van der Waals surface area contributed by atoms with Crippen LogP contribution in [0.15, 0.2) is 28.7 Å². The fourth-order valence-corrected chi connectivity index (χ4v) is 2.90. The first-order valence-electron chi connectivity index (χ1n) is 6.03.